The molecular weight excluding hydrogens is 526 g/mol. The van der Waals surface area contributed by atoms with E-state index in [4.69, 9.17) is 0 Å². The fraction of sp³-hybridized carbons (Fsp3) is 0.192. The number of amides is 3. The van der Waals surface area contributed by atoms with Gasteiger partial charge in [-0.3, -0.25) is 19.3 Å². The van der Waals surface area contributed by atoms with Crippen LogP contribution in [0.15, 0.2) is 83.8 Å². The van der Waals surface area contributed by atoms with Gasteiger partial charge in [0.05, 0.1) is 11.7 Å². The van der Waals surface area contributed by atoms with Crippen LogP contribution in [-0.2, 0) is 30.8 Å². The lowest BCUT2D eigenvalue weighted by atomic mass is 10.1. The Labute approximate surface area is 223 Å². The lowest BCUT2D eigenvalue weighted by molar-refractivity contribution is -0.157. The molecule has 10 nitrogen and oxygen atoms in total. The van der Waals surface area contributed by atoms with E-state index >= 15 is 0 Å². The largest absolute Gasteiger partial charge is 0.322 e. The minimum atomic E-state index is -4.24. The molecular formula is C26H23N5O5S2. The smallest absolute Gasteiger partial charge is 0.248 e. The number of sulfonamides is 1. The maximum Gasteiger partial charge on any atom is 0.248 e. The van der Waals surface area contributed by atoms with Crippen molar-refractivity contribution in [3.05, 3.63) is 90.0 Å². The number of rotatable bonds is 8. The zero-order valence-electron chi connectivity index (χ0n) is 20.1. The third kappa shape index (κ3) is 5.32. The molecule has 1 fully saturated rings. The van der Waals surface area contributed by atoms with Gasteiger partial charge in [-0.15, -0.1) is 0 Å². The number of imide groups is 1. The van der Waals surface area contributed by atoms with Crippen LogP contribution < -0.4 is 4.72 Å². The Morgan fingerprint density at radius 3 is 2.24 bits per heavy atom. The van der Waals surface area contributed by atoms with Crippen LogP contribution in [0.4, 0.5) is 0 Å². The number of piperazine rings is 1. The molecule has 0 bridgehead atoms. The second kappa shape index (κ2) is 10.8. The fourth-order valence-corrected chi connectivity index (χ4v) is 6.23. The second-order valence-corrected chi connectivity index (χ2v) is 10.9. The quantitative estimate of drug-likeness (QED) is 0.333. The second-order valence-electron chi connectivity index (χ2n) is 8.72. The number of nitrogens with zero attached hydrogens (tertiary/aromatic N) is 4. The van der Waals surface area contributed by atoms with Gasteiger partial charge < -0.3 is 4.90 Å². The Hall–Kier alpha value is -4.00. The SMILES string of the molecule is O=C([C@H](NS(=O)(=O)c1cccc2nsnc12)c1ccccc1)N1CC(=O)N(CCc2ccccc2)C(=O)C1. The maximum atomic E-state index is 13.6. The first-order chi connectivity index (χ1) is 18.3. The van der Waals surface area contributed by atoms with E-state index in [0.717, 1.165) is 27.1 Å². The Bertz CT molecular complexity index is 1570. The van der Waals surface area contributed by atoms with Crippen LogP contribution in [0.25, 0.3) is 11.0 Å². The van der Waals surface area contributed by atoms with Gasteiger partial charge in [0, 0.05) is 6.54 Å². The van der Waals surface area contributed by atoms with Gasteiger partial charge in [0.1, 0.15) is 35.1 Å². The summed E-state index contributed by atoms with van der Waals surface area (Å²) in [5.41, 5.74) is 1.97. The summed E-state index contributed by atoms with van der Waals surface area (Å²) in [6, 6.07) is 21.0. The molecule has 194 valence electrons. The summed E-state index contributed by atoms with van der Waals surface area (Å²) in [5.74, 6) is -1.73. The molecule has 38 heavy (non-hydrogen) atoms. The number of benzene rings is 3. The summed E-state index contributed by atoms with van der Waals surface area (Å²) in [5, 5.41) is 0. The Kier molecular flexibility index (Phi) is 7.27. The van der Waals surface area contributed by atoms with E-state index < -0.39 is 33.8 Å². The van der Waals surface area contributed by atoms with Crippen LogP contribution in [0.2, 0.25) is 0 Å². The third-order valence-corrected chi connectivity index (χ3v) is 8.22. The average molecular weight is 550 g/mol. The fourth-order valence-electron chi connectivity index (χ4n) is 4.29. The number of carbonyl (C=O) groups is 3. The van der Waals surface area contributed by atoms with Crippen molar-refractivity contribution in [2.75, 3.05) is 19.6 Å². The van der Waals surface area contributed by atoms with Crippen LogP contribution >= 0.6 is 11.7 Å². The highest BCUT2D eigenvalue weighted by molar-refractivity contribution is 7.89. The number of aromatic nitrogens is 2. The summed E-state index contributed by atoms with van der Waals surface area (Å²) < 4.78 is 37.5. The highest BCUT2D eigenvalue weighted by Crippen LogP contribution is 2.25. The molecule has 0 aliphatic carbocycles. The molecule has 0 saturated carbocycles. The zero-order chi connectivity index (χ0) is 26.7. The van der Waals surface area contributed by atoms with E-state index in [-0.39, 0.29) is 30.0 Å². The predicted octanol–water partition coefficient (Wildman–Crippen LogP) is 2.15. The average Bonchev–Trinajstić information content (AvgIpc) is 3.41. The molecule has 2 heterocycles. The summed E-state index contributed by atoms with van der Waals surface area (Å²) in [7, 11) is -4.24. The molecule has 3 aromatic carbocycles. The molecule has 5 rings (SSSR count). The van der Waals surface area contributed by atoms with Crippen molar-refractivity contribution in [2.45, 2.75) is 17.4 Å². The maximum absolute atomic E-state index is 13.6. The Morgan fingerprint density at radius 1 is 0.895 bits per heavy atom. The summed E-state index contributed by atoms with van der Waals surface area (Å²) in [4.78, 5) is 41.5. The summed E-state index contributed by atoms with van der Waals surface area (Å²) in [6.45, 7) is -0.476. The molecule has 0 radical (unpaired) electrons. The molecule has 1 aliphatic heterocycles. The van der Waals surface area contributed by atoms with E-state index in [1.807, 2.05) is 30.3 Å². The van der Waals surface area contributed by atoms with Crippen molar-refractivity contribution in [1.29, 1.82) is 0 Å². The Balaban J connectivity index is 1.37. The highest BCUT2D eigenvalue weighted by atomic mass is 32.2. The van der Waals surface area contributed by atoms with Crippen molar-refractivity contribution < 1.29 is 22.8 Å². The van der Waals surface area contributed by atoms with E-state index in [9.17, 15) is 22.8 Å². The van der Waals surface area contributed by atoms with Crippen LogP contribution in [0, 0.1) is 0 Å². The first-order valence-electron chi connectivity index (χ1n) is 11.8. The molecule has 0 spiro atoms. The third-order valence-electron chi connectivity index (χ3n) is 6.22. The first kappa shape index (κ1) is 25.6. The van der Waals surface area contributed by atoms with Gasteiger partial charge in [-0.25, -0.2) is 8.42 Å². The van der Waals surface area contributed by atoms with Gasteiger partial charge in [0.25, 0.3) is 0 Å². The summed E-state index contributed by atoms with van der Waals surface area (Å²) >= 11 is 0.884. The number of hydrogen-bond donors (Lipinski definition) is 1. The predicted molar refractivity (Wildman–Crippen MR) is 140 cm³/mol. The van der Waals surface area contributed by atoms with Gasteiger partial charge >= 0.3 is 0 Å². The monoisotopic (exact) mass is 549 g/mol. The standard InChI is InChI=1S/C26H23N5O5S2/c32-22-16-30(17-23(33)31(22)15-14-18-8-3-1-4-9-18)26(34)24(19-10-5-2-6-11-19)29-38(35,36)21-13-7-12-20-25(21)28-37-27-20/h1-13,24,29H,14-17H2/t24-/m1/s1. The molecule has 3 amide bonds. The molecule has 12 heteroatoms. The molecule has 1 saturated heterocycles. The van der Waals surface area contributed by atoms with E-state index in [0.29, 0.717) is 17.5 Å². The van der Waals surface area contributed by atoms with Gasteiger partial charge in [-0.2, -0.15) is 13.5 Å². The van der Waals surface area contributed by atoms with Gasteiger partial charge in [0.15, 0.2) is 0 Å². The minimum Gasteiger partial charge on any atom is -0.322 e. The van der Waals surface area contributed by atoms with Crippen molar-refractivity contribution in [2.24, 2.45) is 0 Å². The van der Waals surface area contributed by atoms with Crippen molar-refractivity contribution in [3.63, 3.8) is 0 Å². The summed E-state index contributed by atoms with van der Waals surface area (Å²) in [6.07, 6.45) is 0.496. The number of carbonyl (C=O) groups excluding carboxylic acids is 3. The lowest BCUT2D eigenvalue weighted by Gasteiger charge is -2.34. The molecule has 4 aromatic rings. The van der Waals surface area contributed by atoms with Gasteiger partial charge in [-0.1, -0.05) is 66.7 Å². The minimum absolute atomic E-state index is 0.115. The van der Waals surface area contributed by atoms with Crippen molar-refractivity contribution in [3.8, 4) is 0 Å². The van der Waals surface area contributed by atoms with Gasteiger partial charge in [-0.05, 0) is 29.7 Å². The van der Waals surface area contributed by atoms with Crippen molar-refractivity contribution >= 4 is 50.5 Å². The van der Waals surface area contributed by atoms with Gasteiger partial charge in [0.2, 0.25) is 27.7 Å². The van der Waals surface area contributed by atoms with Crippen LogP contribution in [0.1, 0.15) is 17.2 Å². The molecule has 0 unspecified atom stereocenters. The van der Waals surface area contributed by atoms with E-state index in [1.165, 1.54) is 6.07 Å². The van der Waals surface area contributed by atoms with E-state index in [1.54, 1.807) is 42.5 Å². The number of fused-ring (bicyclic) bond motifs is 1. The lowest BCUT2D eigenvalue weighted by Crippen LogP contribution is -2.57. The highest BCUT2D eigenvalue weighted by Gasteiger charge is 2.38. The molecule has 1 atom stereocenters. The normalized spacial score (nSPS) is 15.2. The number of hydrogen-bond acceptors (Lipinski definition) is 8. The Morgan fingerprint density at radius 2 is 1.55 bits per heavy atom. The van der Waals surface area contributed by atoms with Crippen molar-refractivity contribution in [1.82, 2.24) is 23.3 Å². The zero-order valence-corrected chi connectivity index (χ0v) is 21.7. The van der Waals surface area contributed by atoms with E-state index in [2.05, 4.69) is 13.5 Å². The molecule has 1 aliphatic rings. The molecule has 1 N–H and O–H groups in total. The first-order valence-corrected chi connectivity index (χ1v) is 14.0. The van der Waals surface area contributed by atoms with Crippen LogP contribution in [0.3, 0.4) is 0 Å². The van der Waals surface area contributed by atoms with Crippen LogP contribution in [-0.4, -0.2) is 64.3 Å². The van der Waals surface area contributed by atoms with Crippen LogP contribution in [0.5, 0.6) is 0 Å². The molecule has 1 aromatic heterocycles. The topological polar surface area (TPSA) is 130 Å². The number of nitrogens with one attached hydrogen (secondary N) is 1.